The second kappa shape index (κ2) is 11.5. The number of fused-ring (bicyclic) bond motifs is 5. The number of carbonyl (C=O) groups excluding carboxylic acids is 4. The molecule has 4 amide bonds. The van der Waals surface area contributed by atoms with E-state index in [-0.39, 0.29) is 43.3 Å². The van der Waals surface area contributed by atoms with E-state index in [0.29, 0.717) is 25.1 Å². The van der Waals surface area contributed by atoms with E-state index in [9.17, 15) is 19.2 Å². The molecule has 5 atom stereocenters. The molecule has 1 aromatic carbocycles. The molecule has 3 N–H and O–H groups in total. The van der Waals surface area contributed by atoms with Gasteiger partial charge >= 0.3 is 0 Å². The van der Waals surface area contributed by atoms with E-state index in [1.165, 1.54) is 0 Å². The van der Waals surface area contributed by atoms with Gasteiger partial charge in [-0.15, -0.1) is 5.10 Å². The fraction of sp³-hybridized carbons (Fsp3) is 0.556. The molecule has 12 heteroatoms. The lowest BCUT2D eigenvalue weighted by molar-refractivity contribution is -0.146. The van der Waals surface area contributed by atoms with Crippen molar-refractivity contribution < 1.29 is 23.9 Å². The monoisotopic (exact) mass is 537 g/mol. The zero-order valence-corrected chi connectivity index (χ0v) is 22.2. The standard InChI is InChI=1S/C27H35N7O5/c1-16(2)23-26(37)29-20(11-17-7-4-3-5-8-17)24(35)28-13-18-14-34(32-31-18)19-12-21(25(36)30-23)33(15-19)27(38)22-9-6-10-39-22/h3-5,7-8,14,16,19-23H,6,9-13,15H2,1-2H3,(H,28,35)(H,29,37)(H,30,36)/t19-,20+,21-,22-,23-/m0/s1. The van der Waals surface area contributed by atoms with Crippen LogP contribution in [0.2, 0.25) is 0 Å². The lowest BCUT2D eigenvalue weighted by Crippen LogP contribution is -2.58. The van der Waals surface area contributed by atoms with E-state index < -0.39 is 36.0 Å². The van der Waals surface area contributed by atoms with Gasteiger partial charge in [0.05, 0.1) is 18.8 Å². The molecule has 2 fully saturated rings. The van der Waals surface area contributed by atoms with Gasteiger partial charge in [-0.1, -0.05) is 49.4 Å². The summed E-state index contributed by atoms with van der Waals surface area (Å²) in [5.74, 6) is -1.73. The number of hydrogen-bond acceptors (Lipinski definition) is 7. The number of rotatable bonds is 4. The van der Waals surface area contributed by atoms with Crippen molar-refractivity contribution >= 4 is 23.6 Å². The number of hydrogen-bond donors (Lipinski definition) is 3. The topological polar surface area (TPSA) is 148 Å². The fourth-order valence-corrected chi connectivity index (χ4v) is 5.43. The van der Waals surface area contributed by atoms with Crippen LogP contribution in [0.25, 0.3) is 0 Å². The third-order valence-corrected chi connectivity index (χ3v) is 7.61. The zero-order chi connectivity index (χ0) is 27.5. The lowest BCUT2D eigenvalue weighted by atomic mass is 10.00. The third-order valence-electron chi connectivity index (χ3n) is 7.61. The van der Waals surface area contributed by atoms with Crippen molar-refractivity contribution in [1.29, 1.82) is 0 Å². The van der Waals surface area contributed by atoms with E-state index >= 15 is 0 Å². The van der Waals surface area contributed by atoms with E-state index in [0.717, 1.165) is 12.0 Å². The van der Waals surface area contributed by atoms with Gasteiger partial charge in [-0.2, -0.15) is 0 Å². The van der Waals surface area contributed by atoms with Crippen LogP contribution in [0.15, 0.2) is 36.5 Å². The predicted octanol–water partition coefficient (Wildman–Crippen LogP) is 0.0972. The maximum atomic E-state index is 13.6. The van der Waals surface area contributed by atoms with Crippen LogP contribution in [0.5, 0.6) is 0 Å². The fourth-order valence-electron chi connectivity index (χ4n) is 5.43. The van der Waals surface area contributed by atoms with Crippen molar-refractivity contribution in [2.24, 2.45) is 5.92 Å². The summed E-state index contributed by atoms with van der Waals surface area (Å²) in [4.78, 5) is 55.3. The molecule has 5 rings (SSSR count). The summed E-state index contributed by atoms with van der Waals surface area (Å²) >= 11 is 0. The minimum atomic E-state index is -0.898. The summed E-state index contributed by atoms with van der Waals surface area (Å²) in [7, 11) is 0. The minimum absolute atomic E-state index is 0.124. The summed E-state index contributed by atoms with van der Waals surface area (Å²) in [6.07, 6.45) is 3.15. The molecule has 3 aliphatic heterocycles. The predicted molar refractivity (Wildman–Crippen MR) is 139 cm³/mol. The van der Waals surface area contributed by atoms with Crippen molar-refractivity contribution in [3.63, 3.8) is 0 Å². The van der Waals surface area contributed by atoms with Gasteiger partial charge in [0.15, 0.2) is 0 Å². The first kappa shape index (κ1) is 26.8. The van der Waals surface area contributed by atoms with E-state index in [1.807, 2.05) is 44.2 Å². The highest BCUT2D eigenvalue weighted by Gasteiger charge is 2.44. The van der Waals surface area contributed by atoms with E-state index in [2.05, 4.69) is 26.3 Å². The number of nitrogens with zero attached hydrogens (tertiary/aromatic N) is 4. The van der Waals surface area contributed by atoms with Gasteiger partial charge in [-0.05, 0) is 24.3 Å². The van der Waals surface area contributed by atoms with Crippen LogP contribution < -0.4 is 16.0 Å². The Morgan fingerprint density at radius 1 is 1.10 bits per heavy atom. The van der Waals surface area contributed by atoms with E-state index in [4.69, 9.17) is 4.74 Å². The second-order valence-corrected chi connectivity index (χ2v) is 10.8. The van der Waals surface area contributed by atoms with Crippen molar-refractivity contribution in [1.82, 2.24) is 35.8 Å². The minimum Gasteiger partial charge on any atom is -0.368 e. The van der Waals surface area contributed by atoms with Crippen LogP contribution in [0.3, 0.4) is 0 Å². The number of likely N-dealkylation sites (tertiary alicyclic amines) is 1. The molecule has 39 heavy (non-hydrogen) atoms. The van der Waals surface area contributed by atoms with Crippen molar-refractivity contribution in [2.45, 2.75) is 76.3 Å². The van der Waals surface area contributed by atoms with Crippen LogP contribution in [-0.2, 0) is 36.9 Å². The van der Waals surface area contributed by atoms with E-state index in [1.54, 1.807) is 15.8 Å². The molecular formula is C27H35N7O5. The quantitative estimate of drug-likeness (QED) is 0.501. The van der Waals surface area contributed by atoms with Crippen LogP contribution in [0.4, 0.5) is 0 Å². The van der Waals surface area contributed by atoms with Crippen molar-refractivity contribution in [3.8, 4) is 0 Å². The number of amides is 4. The molecule has 3 aliphatic rings. The first-order valence-corrected chi connectivity index (χ1v) is 13.6. The molecule has 2 aromatic rings. The van der Waals surface area contributed by atoms with Gasteiger partial charge in [-0.25, -0.2) is 4.68 Å². The van der Waals surface area contributed by atoms with Crippen molar-refractivity contribution in [3.05, 3.63) is 47.8 Å². The smallest absolute Gasteiger partial charge is 0.252 e. The molecular weight excluding hydrogens is 502 g/mol. The summed E-state index contributed by atoms with van der Waals surface area (Å²) in [6.45, 7) is 4.56. The summed E-state index contributed by atoms with van der Waals surface area (Å²) in [5, 5.41) is 17.0. The molecule has 0 saturated carbocycles. The highest BCUT2D eigenvalue weighted by molar-refractivity contribution is 5.95. The molecule has 12 nitrogen and oxygen atoms in total. The Kier molecular flexibility index (Phi) is 7.92. The highest BCUT2D eigenvalue weighted by atomic mass is 16.5. The third kappa shape index (κ3) is 5.95. The average molecular weight is 538 g/mol. The van der Waals surface area contributed by atoms with Crippen LogP contribution in [-0.4, -0.2) is 80.9 Å². The zero-order valence-electron chi connectivity index (χ0n) is 22.2. The normalized spacial score (nSPS) is 27.9. The number of carbonyl (C=O) groups is 4. The maximum Gasteiger partial charge on any atom is 0.252 e. The van der Waals surface area contributed by atoms with Crippen LogP contribution in [0, 0.1) is 5.92 Å². The molecule has 0 spiro atoms. The molecule has 1 aromatic heterocycles. The first-order chi connectivity index (χ1) is 18.8. The Morgan fingerprint density at radius 3 is 2.62 bits per heavy atom. The molecule has 2 saturated heterocycles. The highest BCUT2D eigenvalue weighted by Crippen LogP contribution is 2.30. The molecule has 208 valence electrons. The van der Waals surface area contributed by atoms with Crippen molar-refractivity contribution in [2.75, 3.05) is 13.2 Å². The SMILES string of the molecule is CC(C)[C@@H]1NC(=O)[C@@H]2C[C@@H](CN2C(=O)[C@@H]2CCCO2)n2cc(nn2)CNC(=O)[C@@H](Cc2ccccc2)NC1=O. The van der Waals surface area contributed by atoms with Gasteiger partial charge in [0.2, 0.25) is 17.7 Å². The molecule has 4 heterocycles. The van der Waals surface area contributed by atoms with Gasteiger partial charge in [0.25, 0.3) is 5.91 Å². The van der Waals surface area contributed by atoms with Gasteiger partial charge in [0, 0.05) is 26.0 Å². The summed E-state index contributed by atoms with van der Waals surface area (Å²) < 4.78 is 7.27. The number of aromatic nitrogens is 3. The Bertz CT molecular complexity index is 1210. The maximum absolute atomic E-state index is 13.6. The largest absolute Gasteiger partial charge is 0.368 e. The van der Waals surface area contributed by atoms with Gasteiger partial charge in [-0.3, -0.25) is 19.2 Å². The summed E-state index contributed by atoms with van der Waals surface area (Å²) in [5.41, 5.74) is 1.42. The van der Waals surface area contributed by atoms with Crippen LogP contribution in [0.1, 0.15) is 50.4 Å². The second-order valence-electron chi connectivity index (χ2n) is 10.8. The molecule has 0 aliphatic carbocycles. The molecule has 4 bridgehead atoms. The van der Waals surface area contributed by atoms with Gasteiger partial charge < -0.3 is 25.6 Å². The number of nitrogens with one attached hydrogen (secondary N) is 3. The average Bonchev–Trinajstić information content (AvgIpc) is 3.70. The first-order valence-electron chi connectivity index (χ1n) is 13.6. The van der Waals surface area contributed by atoms with Gasteiger partial charge in [0.1, 0.15) is 29.9 Å². The number of benzene rings is 1. The Morgan fingerprint density at radius 2 is 1.90 bits per heavy atom. The Balaban J connectivity index is 1.44. The lowest BCUT2D eigenvalue weighted by Gasteiger charge is -2.29. The Hall–Kier alpha value is -3.80. The van der Waals surface area contributed by atoms with Crippen LogP contribution >= 0.6 is 0 Å². The molecule has 0 radical (unpaired) electrons. The summed E-state index contributed by atoms with van der Waals surface area (Å²) in [6, 6.07) is 6.55. The molecule has 0 unspecified atom stereocenters. The Labute approximate surface area is 226 Å². The number of ether oxygens (including phenoxy) is 1.